The topological polar surface area (TPSA) is 69.2 Å². The largest absolute Gasteiger partial charge is 0.493 e. The first-order valence-corrected chi connectivity index (χ1v) is 10.9. The van der Waals surface area contributed by atoms with Gasteiger partial charge < -0.3 is 14.8 Å². The van der Waals surface area contributed by atoms with Crippen LogP contribution in [-0.4, -0.2) is 27.5 Å². The van der Waals surface area contributed by atoms with E-state index in [1.807, 2.05) is 49.4 Å². The summed E-state index contributed by atoms with van der Waals surface area (Å²) < 4.78 is 13.1. The fourth-order valence-electron chi connectivity index (χ4n) is 2.99. The Kier molecular flexibility index (Phi) is 6.01. The summed E-state index contributed by atoms with van der Waals surface area (Å²) in [5.74, 6) is 1.87. The number of halogens is 1. The number of para-hydroxylation sites is 1. The molecule has 1 atom stereocenters. The fraction of sp³-hybridized carbons (Fsp3) is 0.190. The highest BCUT2D eigenvalue weighted by atomic mass is 79.9. The molecule has 148 valence electrons. The zero-order valence-electron chi connectivity index (χ0n) is 15.8. The molecule has 0 saturated carbocycles. The van der Waals surface area contributed by atoms with Crippen LogP contribution in [0.3, 0.4) is 0 Å². The molecule has 3 aromatic rings. The number of nitrogens with one attached hydrogen (secondary N) is 1. The van der Waals surface area contributed by atoms with Crippen molar-refractivity contribution in [3.63, 3.8) is 0 Å². The molecule has 1 aromatic heterocycles. The summed E-state index contributed by atoms with van der Waals surface area (Å²) in [6.45, 7) is 6.25. The lowest BCUT2D eigenvalue weighted by atomic mass is 10.1. The van der Waals surface area contributed by atoms with Crippen molar-refractivity contribution in [3.8, 4) is 22.9 Å². The Balaban J connectivity index is 1.82. The average Bonchev–Trinajstić information content (AvgIpc) is 2.90. The van der Waals surface area contributed by atoms with E-state index in [9.17, 15) is 0 Å². The molecule has 29 heavy (non-hydrogen) atoms. The molecule has 0 bridgehead atoms. The molecule has 4 rings (SSSR count). The van der Waals surface area contributed by atoms with E-state index in [0.717, 1.165) is 27.0 Å². The van der Waals surface area contributed by atoms with Crippen molar-refractivity contribution in [1.29, 1.82) is 0 Å². The summed E-state index contributed by atoms with van der Waals surface area (Å²) in [6, 6.07) is 13.7. The van der Waals surface area contributed by atoms with E-state index < -0.39 is 6.23 Å². The number of hydrogen-bond acceptors (Lipinski definition) is 7. The zero-order valence-corrected chi connectivity index (χ0v) is 18.2. The summed E-state index contributed by atoms with van der Waals surface area (Å²) in [5.41, 5.74) is 3.24. The van der Waals surface area contributed by atoms with Crippen LogP contribution < -0.4 is 14.8 Å². The minimum absolute atomic E-state index is 0.427. The van der Waals surface area contributed by atoms with Gasteiger partial charge in [-0.25, -0.2) is 0 Å². The zero-order chi connectivity index (χ0) is 20.2. The van der Waals surface area contributed by atoms with Crippen LogP contribution in [0.25, 0.3) is 11.3 Å². The molecule has 0 amide bonds. The van der Waals surface area contributed by atoms with Crippen LogP contribution in [0.15, 0.2) is 64.7 Å². The van der Waals surface area contributed by atoms with Crippen LogP contribution in [0.2, 0.25) is 0 Å². The Labute approximate surface area is 181 Å². The molecule has 6 nitrogen and oxygen atoms in total. The van der Waals surface area contributed by atoms with E-state index in [4.69, 9.17) is 9.47 Å². The third-order valence-corrected chi connectivity index (χ3v) is 5.54. The molecule has 1 aliphatic heterocycles. The van der Waals surface area contributed by atoms with Gasteiger partial charge in [-0.1, -0.05) is 52.0 Å². The number of aromatic nitrogens is 3. The van der Waals surface area contributed by atoms with Gasteiger partial charge in [0.15, 0.2) is 5.69 Å². The standard InChI is InChI=1S/C21H19BrN4O2S/c1-3-11-29-21-24-20-18(25-26-21)14-7-5-6-8-16(14)23-19(28-20)15-12-13(22)9-10-17(15)27-4-2/h3,5-10,12,19,23H,1,4,11H2,2H3/t19-/m1/s1. The average molecular weight is 471 g/mol. The highest BCUT2D eigenvalue weighted by molar-refractivity contribution is 9.10. The van der Waals surface area contributed by atoms with Gasteiger partial charge in [0.05, 0.1) is 12.2 Å². The van der Waals surface area contributed by atoms with Crippen LogP contribution >= 0.6 is 27.7 Å². The Morgan fingerprint density at radius 1 is 1.28 bits per heavy atom. The molecule has 0 spiro atoms. The fourth-order valence-corrected chi connectivity index (χ4v) is 3.89. The Morgan fingerprint density at radius 2 is 2.14 bits per heavy atom. The molecule has 0 saturated heterocycles. The van der Waals surface area contributed by atoms with Crippen molar-refractivity contribution in [2.24, 2.45) is 0 Å². The van der Waals surface area contributed by atoms with E-state index in [1.54, 1.807) is 6.08 Å². The van der Waals surface area contributed by atoms with Crippen molar-refractivity contribution in [2.45, 2.75) is 18.3 Å². The first-order valence-electron chi connectivity index (χ1n) is 9.13. The molecule has 8 heteroatoms. The maximum absolute atomic E-state index is 6.32. The number of hydrogen-bond donors (Lipinski definition) is 1. The van der Waals surface area contributed by atoms with Gasteiger partial charge >= 0.3 is 0 Å². The molecular formula is C21H19BrN4O2S. The van der Waals surface area contributed by atoms with E-state index in [2.05, 4.69) is 43.0 Å². The monoisotopic (exact) mass is 470 g/mol. The molecule has 2 heterocycles. The molecule has 0 radical (unpaired) electrons. The van der Waals surface area contributed by atoms with Gasteiger partial charge in [-0.15, -0.1) is 16.8 Å². The third-order valence-electron chi connectivity index (χ3n) is 4.22. The Hall–Kier alpha value is -2.58. The molecule has 1 aliphatic rings. The predicted molar refractivity (Wildman–Crippen MR) is 118 cm³/mol. The predicted octanol–water partition coefficient (Wildman–Crippen LogP) is 5.48. The molecule has 0 fully saturated rings. The first kappa shape index (κ1) is 19.7. The lowest BCUT2D eigenvalue weighted by Gasteiger charge is -2.22. The quantitative estimate of drug-likeness (QED) is 0.377. The van der Waals surface area contributed by atoms with Gasteiger partial charge in [0.1, 0.15) is 5.75 Å². The lowest BCUT2D eigenvalue weighted by Crippen LogP contribution is -2.18. The second-order valence-corrected chi connectivity index (χ2v) is 8.05. The van der Waals surface area contributed by atoms with Crippen LogP contribution in [0.5, 0.6) is 11.6 Å². The van der Waals surface area contributed by atoms with Crippen LogP contribution in [0, 0.1) is 0 Å². The van der Waals surface area contributed by atoms with Gasteiger partial charge in [-0.05, 0) is 31.2 Å². The van der Waals surface area contributed by atoms with Crippen LogP contribution in [0.4, 0.5) is 5.69 Å². The summed E-state index contributed by atoms with van der Waals surface area (Å²) >= 11 is 5.00. The van der Waals surface area contributed by atoms with Gasteiger partial charge in [0, 0.05) is 21.5 Å². The summed E-state index contributed by atoms with van der Waals surface area (Å²) in [5, 5.41) is 12.6. The van der Waals surface area contributed by atoms with E-state index in [-0.39, 0.29) is 0 Å². The maximum Gasteiger partial charge on any atom is 0.247 e. The molecule has 0 aliphatic carbocycles. The SMILES string of the molecule is C=CCSc1nnc2c(n1)O[C@H](c1cc(Br)ccc1OCC)Nc1ccccc1-2. The highest BCUT2D eigenvalue weighted by Crippen LogP contribution is 2.41. The van der Waals surface area contributed by atoms with Crippen molar-refractivity contribution in [2.75, 3.05) is 17.7 Å². The van der Waals surface area contributed by atoms with E-state index >= 15 is 0 Å². The van der Waals surface area contributed by atoms with E-state index in [0.29, 0.717) is 29.1 Å². The minimum Gasteiger partial charge on any atom is -0.493 e. The number of thioether (sulfide) groups is 1. The van der Waals surface area contributed by atoms with Crippen molar-refractivity contribution in [3.05, 3.63) is 65.2 Å². The maximum atomic E-state index is 6.32. The van der Waals surface area contributed by atoms with Gasteiger partial charge in [0.2, 0.25) is 17.3 Å². The number of benzene rings is 2. The first-order chi connectivity index (χ1) is 14.2. The molecule has 0 unspecified atom stereocenters. The molecule has 2 aromatic carbocycles. The molecular weight excluding hydrogens is 452 g/mol. The van der Waals surface area contributed by atoms with Crippen LogP contribution in [0.1, 0.15) is 18.7 Å². The third kappa shape index (κ3) is 4.23. The van der Waals surface area contributed by atoms with Gasteiger partial charge in [-0.3, -0.25) is 0 Å². The number of anilines is 1. The number of nitrogens with zero attached hydrogens (tertiary/aromatic N) is 3. The number of ether oxygens (including phenoxy) is 2. The number of rotatable bonds is 6. The highest BCUT2D eigenvalue weighted by Gasteiger charge is 2.28. The van der Waals surface area contributed by atoms with Crippen LogP contribution in [-0.2, 0) is 0 Å². The minimum atomic E-state index is -0.509. The second kappa shape index (κ2) is 8.84. The van der Waals surface area contributed by atoms with E-state index in [1.165, 1.54) is 11.8 Å². The molecule has 1 N–H and O–H groups in total. The summed E-state index contributed by atoms with van der Waals surface area (Å²) in [4.78, 5) is 4.61. The van der Waals surface area contributed by atoms with Crippen molar-refractivity contribution >= 4 is 33.4 Å². The Bertz CT molecular complexity index is 1050. The lowest BCUT2D eigenvalue weighted by molar-refractivity contribution is 0.217. The normalized spacial score (nSPS) is 14.6. The van der Waals surface area contributed by atoms with Gasteiger partial charge in [0.25, 0.3) is 0 Å². The van der Waals surface area contributed by atoms with Crippen molar-refractivity contribution < 1.29 is 9.47 Å². The Morgan fingerprint density at radius 3 is 2.97 bits per heavy atom. The van der Waals surface area contributed by atoms with Crippen molar-refractivity contribution in [1.82, 2.24) is 15.2 Å². The second-order valence-electron chi connectivity index (χ2n) is 6.15. The number of fused-ring (bicyclic) bond motifs is 3. The summed E-state index contributed by atoms with van der Waals surface area (Å²) in [6.07, 6.45) is 1.29. The summed E-state index contributed by atoms with van der Waals surface area (Å²) in [7, 11) is 0. The van der Waals surface area contributed by atoms with Gasteiger partial charge in [-0.2, -0.15) is 4.98 Å². The smallest absolute Gasteiger partial charge is 0.247 e.